The van der Waals surface area contributed by atoms with Gasteiger partial charge in [0.25, 0.3) is 0 Å². The van der Waals surface area contributed by atoms with E-state index in [4.69, 9.17) is 4.74 Å². The molecule has 20 heavy (non-hydrogen) atoms. The van der Waals surface area contributed by atoms with Crippen LogP contribution in [-0.2, 0) is 4.74 Å². The number of nitrogens with one attached hydrogen (secondary N) is 1. The number of thiazole rings is 1. The molecule has 0 saturated carbocycles. The molecule has 1 aromatic heterocycles. The van der Waals surface area contributed by atoms with Crippen molar-refractivity contribution in [2.75, 3.05) is 38.1 Å². The molecule has 0 bridgehead atoms. The van der Waals surface area contributed by atoms with Crippen molar-refractivity contribution in [1.82, 2.24) is 9.88 Å². The van der Waals surface area contributed by atoms with Crippen LogP contribution in [0.25, 0.3) is 0 Å². The van der Waals surface area contributed by atoms with Crippen LogP contribution in [0.4, 0.5) is 5.13 Å². The highest BCUT2D eigenvalue weighted by atomic mass is 32.1. The SMILES string of the molecule is CCOC(=O)c1nc(NCCCN(CC)CC)sc1C. The first-order valence-corrected chi connectivity index (χ1v) is 8.04. The molecular formula is C14H25N3O2S. The van der Waals surface area contributed by atoms with E-state index in [0.717, 1.165) is 42.6 Å². The minimum Gasteiger partial charge on any atom is -0.461 e. The molecule has 1 rings (SSSR count). The van der Waals surface area contributed by atoms with Gasteiger partial charge in [-0.25, -0.2) is 9.78 Å². The number of carbonyl (C=O) groups excluding carboxylic acids is 1. The molecule has 5 nitrogen and oxygen atoms in total. The van der Waals surface area contributed by atoms with Crippen LogP contribution in [0.1, 0.15) is 42.6 Å². The van der Waals surface area contributed by atoms with E-state index in [-0.39, 0.29) is 5.97 Å². The zero-order valence-electron chi connectivity index (χ0n) is 12.9. The van der Waals surface area contributed by atoms with Crippen LogP contribution in [0, 0.1) is 6.92 Å². The minimum atomic E-state index is -0.336. The van der Waals surface area contributed by atoms with Crippen LogP contribution < -0.4 is 5.32 Å². The summed E-state index contributed by atoms with van der Waals surface area (Å²) in [6, 6.07) is 0. The fourth-order valence-corrected chi connectivity index (χ4v) is 2.73. The maximum atomic E-state index is 11.7. The number of aryl methyl sites for hydroxylation is 1. The second kappa shape index (κ2) is 8.92. The molecule has 0 aliphatic rings. The number of aromatic nitrogens is 1. The van der Waals surface area contributed by atoms with Crippen LogP contribution in [0.15, 0.2) is 0 Å². The maximum absolute atomic E-state index is 11.7. The first-order valence-electron chi connectivity index (χ1n) is 7.23. The molecule has 0 aromatic carbocycles. The third kappa shape index (κ3) is 5.09. The third-order valence-corrected chi connectivity index (χ3v) is 4.02. The Morgan fingerprint density at radius 2 is 2.05 bits per heavy atom. The molecule has 0 radical (unpaired) electrons. The summed E-state index contributed by atoms with van der Waals surface area (Å²) < 4.78 is 4.98. The van der Waals surface area contributed by atoms with Gasteiger partial charge in [-0.15, -0.1) is 11.3 Å². The third-order valence-electron chi connectivity index (χ3n) is 3.09. The zero-order valence-corrected chi connectivity index (χ0v) is 13.7. The van der Waals surface area contributed by atoms with Gasteiger partial charge in [0.15, 0.2) is 10.8 Å². The zero-order chi connectivity index (χ0) is 15.0. The van der Waals surface area contributed by atoms with Gasteiger partial charge in [0.1, 0.15) is 0 Å². The van der Waals surface area contributed by atoms with Crippen molar-refractivity contribution in [2.45, 2.75) is 34.1 Å². The highest BCUT2D eigenvalue weighted by Gasteiger charge is 2.16. The van der Waals surface area contributed by atoms with E-state index in [1.165, 1.54) is 11.3 Å². The lowest BCUT2D eigenvalue weighted by Gasteiger charge is -2.17. The van der Waals surface area contributed by atoms with E-state index < -0.39 is 0 Å². The van der Waals surface area contributed by atoms with Crippen LogP contribution in [0.3, 0.4) is 0 Å². The molecule has 0 fully saturated rings. The molecule has 0 amide bonds. The molecule has 0 spiro atoms. The normalized spacial score (nSPS) is 10.8. The number of carbonyl (C=O) groups is 1. The summed E-state index contributed by atoms with van der Waals surface area (Å²) in [5, 5.41) is 4.08. The first-order chi connectivity index (χ1) is 9.62. The average molecular weight is 299 g/mol. The number of hydrogen-bond acceptors (Lipinski definition) is 6. The number of esters is 1. The summed E-state index contributed by atoms with van der Waals surface area (Å²) in [5.41, 5.74) is 0.433. The van der Waals surface area contributed by atoms with E-state index in [0.29, 0.717) is 12.3 Å². The number of nitrogens with zero attached hydrogens (tertiary/aromatic N) is 2. The Labute approximate surface area is 125 Å². The van der Waals surface area contributed by atoms with E-state index in [1.54, 1.807) is 6.92 Å². The highest BCUT2D eigenvalue weighted by Crippen LogP contribution is 2.22. The fraction of sp³-hybridized carbons (Fsp3) is 0.714. The molecule has 1 aromatic rings. The van der Waals surface area contributed by atoms with Crippen molar-refractivity contribution < 1.29 is 9.53 Å². The average Bonchev–Trinajstić information content (AvgIpc) is 2.80. The van der Waals surface area contributed by atoms with Crippen LogP contribution in [0.5, 0.6) is 0 Å². The van der Waals surface area contributed by atoms with Crippen molar-refractivity contribution in [3.8, 4) is 0 Å². The molecule has 6 heteroatoms. The number of hydrogen-bond donors (Lipinski definition) is 1. The smallest absolute Gasteiger partial charge is 0.358 e. The van der Waals surface area contributed by atoms with Crippen molar-refractivity contribution >= 4 is 22.4 Å². The second-order valence-corrected chi connectivity index (χ2v) is 5.65. The lowest BCUT2D eigenvalue weighted by molar-refractivity contribution is 0.0519. The second-order valence-electron chi connectivity index (χ2n) is 4.45. The predicted octanol–water partition coefficient (Wildman–Crippen LogP) is 2.77. The Morgan fingerprint density at radius 3 is 2.65 bits per heavy atom. The largest absolute Gasteiger partial charge is 0.461 e. The van der Waals surface area contributed by atoms with Gasteiger partial charge in [-0.05, 0) is 39.9 Å². The molecule has 0 atom stereocenters. The van der Waals surface area contributed by atoms with Gasteiger partial charge in [-0.2, -0.15) is 0 Å². The van der Waals surface area contributed by atoms with Crippen LogP contribution >= 0.6 is 11.3 Å². The van der Waals surface area contributed by atoms with E-state index in [9.17, 15) is 4.79 Å². The molecule has 114 valence electrons. The van der Waals surface area contributed by atoms with Crippen LogP contribution in [-0.4, -0.2) is 48.6 Å². The molecule has 0 unspecified atom stereocenters. The molecule has 1 N–H and O–H groups in total. The molecule has 1 heterocycles. The highest BCUT2D eigenvalue weighted by molar-refractivity contribution is 7.15. The summed E-state index contributed by atoms with van der Waals surface area (Å²) >= 11 is 1.50. The van der Waals surface area contributed by atoms with E-state index in [1.807, 2.05) is 6.92 Å². The molecule has 0 saturated heterocycles. The summed E-state index contributed by atoms with van der Waals surface area (Å²) in [6.07, 6.45) is 1.06. The van der Waals surface area contributed by atoms with Gasteiger partial charge in [0.2, 0.25) is 0 Å². The summed E-state index contributed by atoms with van der Waals surface area (Å²) in [4.78, 5) is 19.3. The van der Waals surface area contributed by atoms with Crippen molar-refractivity contribution in [3.63, 3.8) is 0 Å². The predicted molar refractivity (Wildman–Crippen MR) is 83.7 cm³/mol. The van der Waals surface area contributed by atoms with Crippen molar-refractivity contribution in [2.24, 2.45) is 0 Å². The summed E-state index contributed by atoms with van der Waals surface area (Å²) in [7, 11) is 0. The quantitative estimate of drug-likeness (QED) is 0.561. The lowest BCUT2D eigenvalue weighted by Crippen LogP contribution is -2.25. The van der Waals surface area contributed by atoms with Gasteiger partial charge < -0.3 is 15.0 Å². The Balaban J connectivity index is 2.41. The number of rotatable bonds is 9. The lowest BCUT2D eigenvalue weighted by atomic mass is 10.3. The Hall–Kier alpha value is -1.14. The van der Waals surface area contributed by atoms with Gasteiger partial charge in [0.05, 0.1) is 6.61 Å². The molecule has 0 aliphatic carbocycles. The number of ether oxygens (including phenoxy) is 1. The van der Waals surface area contributed by atoms with Crippen molar-refractivity contribution in [1.29, 1.82) is 0 Å². The van der Waals surface area contributed by atoms with E-state index in [2.05, 4.69) is 29.0 Å². The maximum Gasteiger partial charge on any atom is 0.358 e. The molecular weight excluding hydrogens is 274 g/mol. The minimum absolute atomic E-state index is 0.336. The van der Waals surface area contributed by atoms with E-state index >= 15 is 0 Å². The van der Waals surface area contributed by atoms with Crippen molar-refractivity contribution in [3.05, 3.63) is 10.6 Å². The standard InChI is InChI=1S/C14H25N3O2S/c1-5-17(6-2)10-8-9-15-14-16-12(11(4)20-14)13(18)19-7-3/h5-10H2,1-4H3,(H,15,16). The van der Waals surface area contributed by atoms with Gasteiger partial charge in [-0.3, -0.25) is 0 Å². The summed E-state index contributed by atoms with van der Waals surface area (Å²) in [5.74, 6) is -0.336. The Bertz CT molecular complexity index is 417. The fourth-order valence-electron chi connectivity index (χ4n) is 1.90. The van der Waals surface area contributed by atoms with Gasteiger partial charge in [0, 0.05) is 11.4 Å². The number of anilines is 1. The first kappa shape index (κ1) is 16.9. The summed E-state index contributed by atoms with van der Waals surface area (Å²) in [6.45, 7) is 12.5. The monoisotopic (exact) mass is 299 g/mol. The Kier molecular flexibility index (Phi) is 7.54. The van der Waals surface area contributed by atoms with Crippen LogP contribution in [0.2, 0.25) is 0 Å². The van der Waals surface area contributed by atoms with Gasteiger partial charge in [-0.1, -0.05) is 13.8 Å². The Morgan fingerprint density at radius 1 is 1.35 bits per heavy atom. The topological polar surface area (TPSA) is 54.5 Å². The molecule has 0 aliphatic heterocycles. The van der Waals surface area contributed by atoms with Gasteiger partial charge >= 0.3 is 5.97 Å².